The van der Waals surface area contributed by atoms with Crippen LogP contribution in [-0.4, -0.2) is 30.1 Å². The van der Waals surface area contributed by atoms with E-state index in [-0.39, 0.29) is 24.0 Å². The molecule has 0 aliphatic heterocycles. The molecule has 0 aromatic heterocycles. The molecule has 5 heteroatoms. The van der Waals surface area contributed by atoms with Gasteiger partial charge in [0.1, 0.15) is 18.4 Å². The summed E-state index contributed by atoms with van der Waals surface area (Å²) < 4.78 is 5.80. The maximum absolute atomic E-state index is 12.9. The van der Waals surface area contributed by atoms with E-state index < -0.39 is 0 Å². The Kier molecular flexibility index (Phi) is 11.6. The van der Waals surface area contributed by atoms with E-state index in [1.54, 1.807) is 6.92 Å². The van der Waals surface area contributed by atoms with Crippen molar-refractivity contribution in [2.45, 2.75) is 99.3 Å². The maximum Gasteiger partial charge on any atom is 0.323 e. The summed E-state index contributed by atoms with van der Waals surface area (Å²) in [4.78, 5) is 29.1. The minimum absolute atomic E-state index is 0.0754. The van der Waals surface area contributed by atoms with Crippen molar-refractivity contribution in [1.29, 1.82) is 0 Å². The highest BCUT2D eigenvalue weighted by Crippen LogP contribution is 2.25. The SMILES string of the molecule is C/C=C(\C=C(\C)C=O)C(=N/c1cc(CNC(CC(C)C)C(=O)OC2CCCC2)ccc1C)/C(C)C. The second kappa shape index (κ2) is 14.1. The number of nitrogens with zero attached hydrogens (tertiary/aromatic N) is 1. The quantitative estimate of drug-likeness (QED) is 0.117. The van der Waals surface area contributed by atoms with Crippen LogP contribution in [0, 0.1) is 18.8 Å². The molecule has 1 aliphatic rings. The highest BCUT2D eigenvalue weighted by atomic mass is 16.5. The lowest BCUT2D eigenvalue weighted by molar-refractivity contribution is -0.151. The first kappa shape index (κ1) is 28.7. The predicted molar refractivity (Wildman–Crippen MR) is 145 cm³/mol. The highest BCUT2D eigenvalue weighted by Gasteiger charge is 2.26. The van der Waals surface area contributed by atoms with Crippen LogP contribution in [0.1, 0.15) is 84.8 Å². The molecule has 1 saturated carbocycles. The van der Waals surface area contributed by atoms with Crippen LogP contribution in [0.5, 0.6) is 0 Å². The van der Waals surface area contributed by atoms with Gasteiger partial charge in [-0.2, -0.15) is 0 Å². The van der Waals surface area contributed by atoms with Crippen LogP contribution in [0.4, 0.5) is 5.69 Å². The molecule has 0 heterocycles. The smallest absolute Gasteiger partial charge is 0.323 e. The van der Waals surface area contributed by atoms with Gasteiger partial charge in [-0.05, 0) is 99.1 Å². The van der Waals surface area contributed by atoms with Crippen molar-refractivity contribution in [2.75, 3.05) is 0 Å². The normalized spacial score (nSPS) is 16.8. The Balaban J connectivity index is 2.24. The van der Waals surface area contributed by atoms with Crippen LogP contribution < -0.4 is 5.32 Å². The van der Waals surface area contributed by atoms with Gasteiger partial charge in [-0.1, -0.05) is 45.9 Å². The third-order valence-corrected chi connectivity index (χ3v) is 6.37. The van der Waals surface area contributed by atoms with Gasteiger partial charge in [0.05, 0.1) is 11.4 Å². The van der Waals surface area contributed by atoms with Gasteiger partial charge in [0.25, 0.3) is 0 Å². The summed E-state index contributed by atoms with van der Waals surface area (Å²) in [5.74, 6) is 0.449. The fourth-order valence-electron chi connectivity index (χ4n) is 4.35. The van der Waals surface area contributed by atoms with Crippen LogP contribution in [0.25, 0.3) is 0 Å². The summed E-state index contributed by atoms with van der Waals surface area (Å²) in [5, 5.41) is 3.45. The monoisotopic (exact) mass is 480 g/mol. The second-order valence-corrected chi connectivity index (χ2v) is 10.4. The van der Waals surface area contributed by atoms with E-state index in [0.29, 0.717) is 18.0 Å². The van der Waals surface area contributed by atoms with Crippen LogP contribution >= 0.6 is 0 Å². The molecule has 5 nitrogen and oxygen atoms in total. The van der Waals surface area contributed by atoms with E-state index in [1.807, 2.05) is 19.1 Å². The first-order chi connectivity index (χ1) is 16.6. The number of allylic oxidation sites excluding steroid dienone is 4. The molecule has 0 amide bonds. The molecular weight excluding hydrogens is 436 g/mol. The topological polar surface area (TPSA) is 67.8 Å². The summed E-state index contributed by atoms with van der Waals surface area (Å²) in [6.45, 7) is 14.9. The van der Waals surface area contributed by atoms with E-state index in [4.69, 9.17) is 9.73 Å². The van der Waals surface area contributed by atoms with Gasteiger partial charge in [-0.3, -0.25) is 14.6 Å². The number of nitrogens with one attached hydrogen (secondary N) is 1. The molecule has 0 radical (unpaired) electrons. The Morgan fingerprint density at radius 3 is 2.46 bits per heavy atom. The molecular formula is C30H44N2O3. The Bertz CT molecular complexity index is 950. The molecule has 1 atom stereocenters. The molecule has 1 fully saturated rings. The van der Waals surface area contributed by atoms with Crippen molar-refractivity contribution < 1.29 is 14.3 Å². The van der Waals surface area contributed by atoms with Gasteiger partial charge < -0.3 is 10.1 Å². The third kappa shape index (κ3) is 9.21. The molecule has 192 valence electrons. The van der Waals surface area contributed by atoms with Gasteiger partial charge in [-0.25, -0.2) is 0 Å². The van der Waals surface area contributed by atoms with Crippen LogP contribution in [0.2, 0.25) is 0 Å². The first-order valence-corrected chi connectivity index (χ1v) is 13.1. The van der Waals surface area contributed by atoms with E-state index >= 15 is 0 Å². The number of hydrogen-bond donors (Lipinski definition) is 1. The minimum atomic E-state index is -0.318. The van der Waals surface area contributed by atoms with E-state index in [0.717, 1.165) is 66.5 Å². The molecule has 1 N–H and O–H groups in total. The summed E-state index contributed by atoms with van der Waals surface area (Å²) >= 11 is 0. The number of rotatable bonds is 12. The van der Waals surface area contributed by atoms with E-state index in [1.165, 1.54) is 0 Å². The molecule has 1 aliphatic carbocycles. The molecule has 0 saturated heterocycles. The Hall–Kier alpha value is -2.53. The van der Waals surface area contributed by atoms with Crippen molar-refractivity contribution >= 4 is 23.7 Å². The summed E-state index contributed by atoms with van der Waals surface area (Å²) in [7, 11) is 0. The van der Waals surface area contributed by atoms with Gasteiger partial charge in [0, 0.05) is 6.54 Å². The summed E-state index contributed by atoms with van der Waals surface area (Å²) in [6.07, 6.45) is 9.82. The van der Waals surface area contributed by atoms with Gasteiger partial charge >= 0.3 is 5.97 Å². The number of hydrogen-bond acceptors (Lipinski definition) is 5. The zero-order chi connectivity index (χ0) is 26.0. The van der Waals surface area contributed by atoms with E-state index in [2.05, 4.69) is 58.1 Å². The fourth-order valence-corrected chi connectivity index (χ4v) is 4.35. The lowest BCUT2D eigenvalue weighted by Crippen LogP contribution is -2.40. The average molecular weight is 481 g/mol. The number of ether oxygens (including phenoxy) is 1. The van der Waals surface area contributed by atoms with Crippen molar-refractivity contribution in [1.82, 2.24) is 5.32 Å². The fraction of sp³-hybridized carbons (Fsp3) is 0.567. The van der Waals surface area contributed by atoms with Crippen molar-refractivity contribution in [2.24, 2.45) is 16.8 Å². The number of aldehydes is 1. The van der Waals surface area contributed by atoms with E-state index in [9.17, 15) is 9.59 Å². The zero-order valence-corrected chi connectivity index (χ0v) is 22.7. The van der Waals surface area contributed by atoms with Gasteiger partial charge in [0.2, 0.25) is 0 Å². The molecule has 2 rings (SSSR count). The minimum Gasteiger partial charge on any atom is -0.461 e. The van der Waals surface area contributed by atoms with Crippen LogP contribution in [-0.2, 0) is 20.9 Å². The maximum atomic E-state index is 12.9. The lowest BCUT2D eigenvalue weighted by Gasteiger charge is -2.22. The summed E-state index contributed by atoms with van der Waals surface area (Å²) in [6, 6.07) is 5.92. The van der Waals surface area contributed by atoms with Gasteiger partial charge in [0.15, 0.2) is 0 Å². The Labute approximate surface area is 212 Å². The molecule has 0 bridgehead atoms. The number of carbonyl (C=O) groups excluding carboxylic acids is 2. The number of benzene rings is 1. The lowest BCUT2D eigenvalue weighted by atomic mass is 9.97. The molecule has 35 heavy (non-hydrogen) atoms. The second-order valence-electron chi connectivity index (χ2n) is 10.4. The summed E-state index contributed by atoms with van der Waals surface area (Å²) in [5.41, 5.74) is 5.62. The molecule has 1 aromatic carbocycles. The van der Waals surface area contributed by atoms with Crippen molar-refractivity contribution in [3.63, 3.8) is 0 Å². The Morgan fingerprint density at radius 2 is 1.89 bits per heavy atom. The average Bonchev–Trinajstić information content (AvgIpc) is 3.32. The Morgan fingerprint density at radius 1 is 1.20 bits per heavy atom. The standard InChI is InChI=1S/C30H44N2O3/c1-8-25(16-22(6)19-33)29(21(4)5)32-27-17-24(14-13-23(27)7)18-31-28(15-20(2)3)30(34)35-26-11-9-10-12-26/h8,13-14,16-17,19-21,26,28,31H,9-12,15,18H2,1-7H3/b22-16-,25-8+,32-29+. The first-order valence-electron chi connectivity index (χ1n) is 13.1. The molecule has 0 spiro atoms. The van der Waals surface area contributed by atoms with Crippen LogP contribution in [0.15, 0.2) is 46.5 Å². The number of aryl methyl sites for hydroxylation is 1. The van der Waals surface area contributed by atoms with Crippen LogP contribution in [0.3, 0.4) is 0 Å². The zero-order valence-electron chi connectivity index (χ0n) is 22.7. The largest absolute Gasteiger partial charge is 0.461 e. The molecule has 1 unspecified atom stereocenters. The van der Waals surface area contributed by atoms with Gasteiger partial charge in [-0.15, -0.1) is 0 Å². The predicted octanol–water partition coefficient (Wildman–Crippen LogP) is 6.81. The van der Waals surface area contributed by atoms with Crippen molar-refractivity contribution in [3.05, 3.63) is 52.6 Å². The number of aliphatic imine (C=N–C) groups is 1. The highest BCUT2D eigenvalue weighted by molar-refractivity contribution is 6.06. The number of carbonyl (C=O) groups is 2. The van der Waals surface area contributed by atoms with Crippen molar-refractivity contribution in [3.8, 4) is 0 Å². The third-order valence-electron chi connectivity index (χ3n) is 6.37. The number of esters is 1. The molecule has 1 aromatic rings.